The van der Waals surface area contributed by atoms with Gasteiger partial charge in [-0.3, -0.25) is 0 Å². The third kappa shape index (κ3) is 4.20. The van der Waals surface area contributed by atoms with Crippen LogP contribution in [0.25, 0.3) is 0 Å². The zero-order valence-corrected chi connectivity index (χ0v) is 9.70. The Morgan fingerprint density at radius 2 is 2.07 bits per heavy atom. The molecule has 15 heavy (non-hydrogen) atoms. The number of halogens is 1. The minimum Gasteiger partial charge on any atom is -0.388 e. The van der Waals surface area contributed by atoms with Crippen LogP contribution in [-0.2, 0) is 4.74 Å². The average molecular weight is 229 g/mol. The van der Waals surface area contributed by atoms with E-state index in [2.05, 4.69) is 6.92 Å². The summed E-state index contributed by atoms with van der Waals surface area (Å²) < 4.78 is 5.31. The maximum atomic E-state index is 9.84. The van der Waals surface area contributed by atoms with Crippen molar-refractivity contribution in [3.63, 3.8) is 0 Å². The fourth-order valence-corrected chi connectivity index (χ4v) is 1.60. The normalized spacial score (nSPS) is 12.7. The number of hydrogen-bond acceptors (Lipinski definition) is 2. The van der Waals surface area contributed by atoms with Crippen molar-refractivity contribution in [1.29, 1.82) is 0 Å². The van der Waals surface area contributed by atoms with Crippen LogP contribution in [0.2, 0.25) is 5.02 Å². The molecule has 0 aliphatic rings. The summed E-state index contributed by atoms with van der Waals surface area (Å²) >= 11 is 5.96. The van der Waals surface area contributed by atoms with Gasteiger partial charge in [0, 0.05) is 24.7 Å². The Bertz CT molecular complexity index is 289. The molecule has 0 amide bonds. The van der Waals surface area contributed by atoms with Gasteiger partial charge in [-0.05, 0) is 18.1 Å². The lowest BCUT2D eigenvalue weighted by Gasteiger charge is -2.12. The van der Waals surface area contributed by atoms with E-state index in [1.54, 1.807) is 6.07 Å². The second-order valence-electron chi connectivity index (χ2n) is 3.44. The van der Waals surface area contributed by atoms with Crippen LogP contribution in [0.1, 0.15) is 31.4 Å². The third-order valence-corrected chi connectivity index (χ3v) is 2.49. The van der Waals surface area contributed by atoms with Gasteiger partial charge in [0.2, 0.25) is 0 Å². The molecular formula is C12H17ClO2. The van der Waals surface area contributed by atoms with Crippen molar-refractivity contribution in [3.05, 3.63) is 34.9 Å². The molecule has 2 nitrogen and oxygen atoms in total. The predicted molar refractivity (Wildman–Crippen MR) is 62.1 cm³/mol. The highest BCUT2D eigenvalue weighted by molar-refractivity contribution is 6.31. The van der Waals surface area contributed by atoms with Crippen molar-refractivity contribution in [2.75, 3.05) is 13.2 Å². The van der Waals surface area contributed by atoms with Gasteiger partial charge in [-0.1, -0.05) is 36.7 Å². The smallest absolute Gasteiger partial charge is 0.0826 e. The molecule has 1 aromatic carbocycles. The Labute approximate surface area is 95.8 Å². The first-order valence-electron chi connectivity index (χ1n) is 5.26. The monoisotopic (exact) mass is 228 g/mol. The van der Waals surface area contributed by atoms with Gasteiger partial charge in [-0.15, -0.1) is 0 Å². The molecule has 0 spiro atoms. The molecule has 0 fully saturated rings. The molecule has 0 saturated heterocycles. The van der Waals surface area contributed by atoms with Gasteiger partial charge in [0.25, 0.3) is 0 Å². The lowest BCUT2D eigenvalue weighted by molar-refractivity contribution is 0.0822. The average Bonchev–Trinajstić information content (AvgIpc) is 2.25. The van der Waals surface area contributed by atoms with Gasteiger partial charge in [-0.25, -0.2) is 0 Å². The molecule has 0 saturated carbocycles. The summed E-state index contributed by atoms with van der Waals surface area (Å²) in [6.07, 6.45) is 1.06. The number of aliphatic hydroxyl groups excluding tert-OH is 1. The first kappa shape index (κ1) is 12.5. The number of ether oxygens (including phenoxy) is 1. The van der Waals surface area contributed by atoms with Crippen molar-refractivity contribution in [2.45, 2.75) is 25.9 Å². The Morgan fingerprint density at radius 3 is 2.73 bits per heavy atom. The lowest BCUT2D eigenvalue weighted by atomic mass is 10.1. The van der Waals surface area contributed by atoms with Crippen LogP contribution in [0.4, 0.5) is 0 Å². The maximum Gasteiger partial charge on any atom is 0.0826 e. The van der Waals surface area contributed by atoms with Crippen LogP contribution >= 0.6 is 11.6 Å². The highest BCUT2D eigenvalue weighted by atomic mass is 35.5. The van der Waals surface area contributed by atoms with Gasteiger partial charge >= 0.3 is 0 Å². The number of rotatable bonds is 6. The van der Waals surface area contributed by atoms with Crippen LogP contribution in [0.15, 0.2) is 24.3 Å². The van der Waals surface area contributed by atoms with E-state index in [0.717, 1.165) is 18.6 Å². The van der Waals surface area contributed by atoms with Crippen molar-refractivity contribution in [3.8, 4) is 0 Å². The maximum absolute atomic E-state index is 9.84. The molecule has 1 atom stereocenters. The second-order valence-corrected chi connectivity index (χ2v) is 3.85. The van der Waals surface area contributed by atoms with E-state index in [1.165, 1.54) is 0 Å². The molecule has 0 bridgehead atoms. The fourth-order valence-electron chi connectivity index (χ4n) is 1.34. The van der Waals surface area contributed by atoms with Crippen LogP contribution in [0.5, 0.6) is 0 Å². The molecule has 3 heteroatoms. The third-order valence-electron chi connectivity index (χ3n) is 2.15. The van der Waals surface area contributed by atoms with Gasteiger partial charge in [0.15, 0.2) is 0 Å². The van der Waals surface area contributed by atoms with E-state index in [4.69, 9.17) is 16.3 Å². The van der Waals surface area contributed by atoms with Crippen molar-refractivity contribution < 1.29 is 9.84 Å². The molecule has 1 rings (SSSR count). The summed E-state index contributed by atoms with van der Waals surface area (Å²) in [5, 5.41) is 10.4. The van der Waals surface area contributed by atoms with E-state index in [-0.39, 0.29) is 0 Å². The van der Waals surface area contributed by atoms with Gasteiger partial charge in [0.05, 0.1) is 6.10 Å². The number of aliphatic hydroxyl groups is 1. The summed E-state index contributed by atoms with van der Waals surface area (Å²) in [5.74, 6) is 0. The first-order chi connectivity index (χ1) is 7.25. The molecular weight excluding hydrogens is 212 g/mol. The minimum absolute atomic E-state index is 0.532. The predicted octanol–water partition coefficient (Wildman–Crippen LogP) is 3.19. The quantitative estimate of drug-likeness (QED) is 0.758. The second kappa shape index (κ2) is 6.83. The van der Waals surface area contributed by atoms with Gasteiger partial charge in [-0.2, -0.15) is 0 Å². The minimum atomic E-state index is -0.532. The Morgan fingerprint density at radius 1 is 1.33 bits per heavy atom. The fraction of sp³-hybridized carbons (Fsp3) is 0.500. The van der Waals surface area contributed by atoms with Crippen molar-refractivity contribution in [1.82, 2.24) is 0 Å². The molecule has 0 heterocycles. The first-order valence-corrected chi connectivity index (χ1v) is 5.63. The van der Waals surface area contributed by atoms with Crippen molar-refractivity contribution >= 4 is 11.6 Å². The summed E-state index contributed by atoms with van der Waals surface area (Å²) in [6.45, 7) is 3.37. The van der Waals surface area contributed by atoms with Crippen LogP contribution < -0.4 is 0 Å². The summed E-state index contributed by atoms with van der Waals surface area (Å²) in [6, 6.07) is 7.35. The summed E-state index contributed by atoms with van der Waals surface area (Å²) in [4.78, 5) is 0. The molecule has 0 aromatic heterocycles. The number of benzene rings is 1. The molecule has 1 N–H and O–H groups in total. The molecule has 0 aliphatic heterocycles. The molecule has 1 unspecified atom stereocenters. The zero-order chi connectivity index (χ0) is 11.1. The molecule has 84 valence electrons. The van der Waals surface area contributed by atoms with Gasteiger partial charge < -0.3 is 9.84 Å². The Hall–Kier alpha value is -0.570. The molecule has 0 radical (unpaired) electrons. The van der Waals surface area contributed by atoms with E-state index >= 15 is 0 Å². The van der Waals surface area contributed by atoms with E-state index in [1.807, 2.05) is 18.2 Å². The van der Waals surface area contributed by atoms with E-state index in [0.29, 0.717) is 18.1 Å². The van der Waals surface area contributed by atoms with Crippen LogP contribution in [-0.4, -0.2) is 18.3 Å². The summed E-state index contributed by atoms with van der Waals surface area (Å²) in [5.41, 5.74) is 0.777. The SMILES string of the molecule is CCCOCCC(O)c1ccccc1Cl. The molecule has 1 aromatic rings. The van der Waals surface area contributed by atoms with Crippen LogP contribution in [0.3, 0.4) is 0 Å². The topological polar surface area (TPSA) is 29.5 Å². The summed E-state index contributed by atoms with van der Waals surface area (Å²) in [7, 11) is 0. The van der Waals surface area contributed by atoms with Gasteiger partial charge in [0.1, 0.15) is 0 Å². The number of hydrogen-bond donors (Lipinski definition) is 1. The zero-order valence-electron chi connectivity index (χ0n) is 8.95. The van der Waals surface area contributed by atoms with E-state index < -0.39 is 6.10 Å². The van der Waals surface area contributed by atoms with Crippen LogP contribution in [0, 0.1) is 0 Å². The standard InChI is InChI=1S/C12H17ClO2/c1-2-8-15-9-7-12(14)10-5-3-4-6-11(10)13/h3-6,12,14H,2,7-9H2,1H3. The lowest BCUT2D eigenvalue weighted by Crippen LogP contribution is -2.04. The molecule has 0 aliphatic carbocycles. The Kier molecular flexibility index (Phi) is 5.69. The van der Waals surface area contributed by atoms with E-state index in [9.17, 15) is 5.11 Å². The largest absolute Gasteiger partial charge is 0.388 e. The highest BCUT2D eigenvalue weighted by Gasteiger charge is 2.10. The highest BCUT2D eigenvalue weighted by Crippen LogP contribution is 2.24. The Balaban J connectivity index is 2.40. The van der Waals surface area contributed by atoms with Crippen molar-refractivity contribution in [2.24, 2.45) is 0 Å².